The summed E-state index contributed by atoms with van der Waals surface area (Å²) in [4.78, 5) is 21.2. The number of carbonyl (C=O) groups excluding carboxylic acids is 1. The van der Waals surface area contributed by atoms with Crippen LogP contribution in [0.25, 0.3) is 16.8 Å². The Morgan fingerprint density at radius 2 is 1.75 bits per heavy atom. The molecule has 1 aliphatic rings. The van der Waals surface area contributed by atoms with Crippen molar-refractivity contribution >= 4 is 29.7 Å². The van der Waals surface area contributed by atoms with Gasteiger partial charge in [-0.3, -0.25) is 4.99 Å². The molecule has 2 heterocycles. The molecule has 0 saturated heterocycles. The lowest BCUT2D eigenvalue weighted by atomic mass is 9.96. The van der Waals surface area contributed by atoms with Crippen LogP contribution in [0.2, 0.25) is 0 Å². The predicted octanol–water partition coefficient (Wildman–Crippen LogP) is 6.37. The maximum atomic E-state index is 12.4. The van der Waals surface area contributed by atoms with Gasteiger partial charge in [-0.15, -0.1) is 11.3 Å². The van der Waals surface area contributed by atoms with Crippen LogP contribution in [0.15, 0.2) is 94.9 Å². The van der Waals surface area contributed by atoms with E-state index in [-0.39, 0.29) is 12.1 Å². The Hall–Kier alpha value is -4.23. The molecule has 1 aliphatic heterocycles. The molecule has 0 radical (unpaired) electrons. The van der Waals surface area contributed by atoms with Crippen molar-refractivity contribution in [1.29, 1.82) is 0 Å². The van der Waals surface area contributed by atoms with E-state index < -0.39 is 0 Å². The summed E-state index contributed by atoms with van der Waals surface area (Å²) >= 11 is 1.56. The highest BCUT2D eigenvalue weighted by Crippen LogP contribution is 2.37. The Balaban J connectivity index is 1.38. The number of allylic oxidation sites excluding steroid dienone is 1. The molecule has 0 aliphatic carbocycles. The summed E-state index contributed by atoms with van der Waals surface area (Å²) in [5, 5.41) is 8.87. The smallest absolute Gasteiger partial charge is 0.319 e. The van der Waals surface area contributed by atoms with E-state index in [0.717, 1.165) is 50.0 Å². The zero-order chi connectivity index (χ0) is 24.9. The van der Waals surface area contributed by atoms with Crippen LogP contribution in [0.5, 0.6) is 5.75 Å². The number of aromatic nitrogens is 1. The first kappa shape index (κ1) is 23.5. The molecule has 0 bridgehead atoms. The van der Waals surface area contributed by atoms with Crippen molar-refractivity contribution < 1.29 is 9.53 Å². The lowest BCUT2D eigenvalue weighted by Crippen LogP contribution is -2.42. The molecule has 1 aromatic heterocycles. The summed E-state index contributed by atoms with van der Waals surface area (Å²) in [7, 11) is 0. The van der Waals surface area contributed by atoms with Gasteiger partial charge in [0.2, 0.25) is 0 Å². The Labute approximate surface area is 214 Å². The number of thiazole rings is 1. The van der Waals surface area contributed by atoms with Crippen molar-refractivity contribution in [1.82, 2.24) is 15.6 Å². The quantitative estimate of drug-likeness (QED) is 0.279. The summed E-state index contributed by atoms with van der Waals surface area (Å²) < 4.78 is 5.93. The number of urea groups is 1. The number of amides is 2. The predicted molar refractivity (Wildman–Crippen MR) is 145 cm³/mol. The fourth-order valence-electron chi connectivity index (χ4n) is 4.16. The number of ether oxygens (including phenoxy) is 1. The molecule has 180 valence electrons. The van der Waals surface area contributed by atoms with Crippen LogP contribution in [0.4, 0.5) is 4.79 Å². The van der Waals surface area contributed by atoms with Gasteiger partial charge in [-0.1, -0.05) is 66.7 Å². The van der Waals surface area contributed by atoms with Gasteiger partial charge in [-0.05, 0) is 42.5 Å². The zero-order valence-corrected chi connectivity index (χ0v) is 20.7. The minimum Gasteiger partial charge on any atom is -0.489 e. The molecular weight excluding hydrogens is 468 g/mol. The Morgan fingerprint density at radius 1 is 1.00 bits per heavy atom. The van der Waals surface area contributed by atoms with Crippen molar-refractivity contribution in [3.05, 3.63) is 112 Å². The first-order valence-electron chi connectivity index (χ1n) is 11.6. The van der Waals surface area contributed by atoms with E-state index in [2.05, 4.69) is 22.3 Å². The van der Waals surface area contributed by atoms with Gasteiger partial charge in [-0.25, -0.2) is 9.78 Å². The Kier molecular flexibility index (Phi) is 6.91. The van der Waals surface area contributed by atoms with Crippen LogP contribution in [0.3, 0.4) is 0 Å². The summed E-state index contributed by atoms with van der Waals surface area (Å²) in [5.74, 6) is 0.775. The highest BCUT2D eigenvalue weighted by Gasteiger charge is 2.29. The molecule has 3 aromatic carbocycles. The monoisotopic (exact) mass is 494 g/mol. The van der Waals surface area contributed by atoms with Crippen molar-refractivity contribution in [2.45, 2.75) is 26.1 Å². The van der Waals surface area contributed by atoms with Gasteiger partial charge in [0.1, 0.15) is 17.4 Å². The van der Waals surface area contributed by atoms with Gasteiger partial charge in [0.25, 0.3) is 0 Å². The third-order valence-electron chi connectivity index (χ3n) is 6.01. The molecule has 5 rings (SSSR count). The molecule has 6 nitrogen and oxygen atoms in total. The maximum absolute atomic E-state index is 12.4. The lowest BCUT2D eigenvalue weighted by molar-refractivity contribution is 0.240. The fourth-order valence-corrected chi connectivity index (χ4v) is 5.13. The van der Waals surface area contributed by atoms with Gasteiger partial charge >= 0.3 is 6.03 Å². The number of nitrogens with one attached hydrogen (secondary N) is 2. The SMILES string of the molecule is C=NCc1ccc(-c2csc(C3=C(C)NC(=O)NC3c3ccc(OCc4ccccc4)cc3)n2)cc1. The van der Waals surface area contributed by atoms with Crippen molar-refractivity contribution in [2.75, 3.05) is 0 Å². The highest BCUT2D eigenvalue weighted by molar-refractivity contribution is 7.11. The highest BCUT2D eigenvalue weighted by atomic mass is 32.1. The molecule has 0 saturated carbocycles. The minimum absolute atomic E-state index is 0.228. The van der Waals surface area contributed by atoms with E-state index in [1.54, 1.807) is 11.3 Å². The number of hydrogen-bond acceptors (Lipinski definition) is 5. The third kappa shape index (κ3) is 5.21. The van der Waals surface area contributed by atoms with Gasteiger partial charge in [0, 0.05) is 22.2 Å². The number of rotatable bonds is 8. The Morgan fingerprint density at radius 3 is 2.47 bits per heavy atom. The van der Waals surface area contributed by atoms with Crippen LogP contribution in [-0.4, -0.2) is 17.7 Å². The molecule has 0 fully saturated rings. The largest absolute Gasteiger partial charge is 0.489 e. The number of aliphatic imine (C=N–C) groups is 1. The zero-order valence-electron chi connectivity index (χ0n) is 19.9. The summed E-state index contributed by atoms with van der Waals surface area (Å²) in [6, 6.07) is 25.5. The van der Waals surface area contributed by atoms with Crippen LogP contribution in [-0.2, 0) is 13.2 Å². The first-order valence-corrected chi connectivity index (χ1v) is 12.5. The molecule has 4 aromatic rings. The summed E-state index contributed by atoms with van der Waals surface area (Å²) in [6.07, 6.45) is 0. The van der Waals surface area contributed by atoms with Gasteiger partial charge in [-0.2, -0.15) is 0 Å². The average molecular weight is 495 g/mol. The molecule has 1 atom stereocenters. The minimum atomic E-state index is -0.318. The average Bonchev–Trinajstić information content (AvgIpc) is 3.38. The van der Waals surface area contributed by atoms with E-state index in [1.165, 1.54) is 0 Å². The fraction of sp³-hybridized carbons (Fsp3) is 0.138. The van der Waals surface area contributed by atoms with Gasteiger partial charge in [0.15, 0.2) is 0 Å². The summed E-state index contributed by atoms with van der Waals surface area (Å²) in [6.45, 7) is 6.56. The molecular formula is C29H26N4O2S. The van der Waals surface area contributed by atoms with Gasteiger partial charge < -0.3 is 15.4 Å². The molecule has 2 N–H and O–H groups in total. The standard InChI is InChI=1S/C29H26N4O2S/c1-19-26(28-32-25(18-36-28)22-10-8-20(9-11-22)16-30-2)27(33-29(34)31-19)23-12-14-24(15-13-23)35-17-21-6-4-3-5-7-21/h3-15,18,27H,2,16-17H2,1H3,(H2,31,33,34). The van der Waals surface area contributed by atoms with Crippen LogP contribution in [0.1, 0.15) is 34.7 Å². The second kappa shape index (κ2) is 10.6. The molecule has 36 heavy (non-hydrogen) atoms. The van der Waals surface area contributed by atoms with Crippen molar-refractivity contribution in [3.63, 3.8) is 0 Å². The third-order valence-corrected chi connectivity index (χ3v) is 6.89. The van der Waals surface area contributed by atoms with Crippen LogP contribution >= 0.6 is 11.3 Å². The molecule has 2 amide bonds. The number of hydrogen-bond donors (Lipinski definition) is 2. The second-order valence-corrected chi connectivity index (χ2v) is 9.39. The molecule has 7 heteroatoms. The second-order valence-electron chi connectivity index (χ2n) is 8.53. The topological polar surface area (TPSA) is 75.6 Å². The van der Waals surface area contributed by atoms with Gasteiger partial charge in [0.05, 0.1) is 18.3 Å². The van der Waals surface area contributed by atoms with Crippen LogP contribution < -0.4 is 15.4 Å². The maximum Gasteiger partial charge on any atom is 0.319 e. The van der Waals surface area contributed by atoms with E-state index in [4.69, 9.17) is 9.72 Å². The van der Waals surface area contributed by atoms with Crippen molar-refractivity contribution in [3.8, 4) is 17.0 Å². The van der Waals surface area contributed by atoms with E-state index in [0.29, 0.717) is 13.2 Å². The lowest BCUT2D eigenvalue weighted by Gasteiger charge is -2.28. The van der Waals surface area contributed by atoms with Crippen LogP contribution in [0, 0.1) is 0 Å². The normalized spacial score (nSPS) is 15.2. The Bertz CT molecular complexity index is 1390. The molecule has 0 spiro atoms. The molecule has 1 unspecified atom stereocenters. The van der Waals surface area contributed by atoms with E-state index in [9.17, 15) is 4.79 Å². The first-order chi connectivity index (χ1) is 17.6. The van der Waals surface area contributed by atoms with E-state index in [1.807, 2.05) is 91.2 Å². The summed E-state index contributed by atoms with van der Waals surface area (Å²) in [5.41, 5.74) is 6.86. The number of nitrogens with zero attached hydrogens (tertiary/aromatic N) is 2. The van der Waals surface area contributed by atoms with Crippen molar-refractivity contribution in [2.24, 2.45) is 4.99 Å². The number of carbonyl (C=O) groups is 1. The number of benzene rings is 3. The van der Waals surface area contributed by atoms with E-state index >= 15 is 0 Å².